The van der Waals surface area contributed by atoms with E-state index in [2.05, 4.69) is 60.6 Å². The summed E-state index contributed by atoms with van der Waals surface area (Å²) in [4.78, 5) is 41.8. The topological polar surface area (TPSA) is 90.4 Å². The Morgan fingerprint density at radius 3 is 2.42 bits per heavy atom. The number of ether oxygens (including phenoxy) is 1. The van der Waals surface area contributed by atoms with Crippen molar-refractivity contribution in [3.05, 3.63) is 29.3 Å². The molecule has 2 saturated heterocycles. The predicted octanol–water partition coefficient (Wildman–Crippen LogP) is 4.95. The fraction of sp³-hybridized carbons (Fsp3) is 0.719. The molecule has 3 aliphatic rings. The van der Waals surface area contributed by atoms with Gasteiger partial charge in [-0.25, -0.2) is 0 Å². The van der Waals surface area contributed by atoms with Gasteiger partial charge in [0.1, 0.15) is 5.75 Å². The molecule has 3 aliphatic heterocycles. The Kier molecular flexibility index (Phi) is 11.9. The van der Waals surface area contributed by atoms with Crippen molar-refractivity contribution in [1.82, 2.24) is 14.7 Å². The zero-order valence-electron chi connectivity index (χ0n) is 25.4. The summed E-state index contributed by atoms with van der Waals surface area (Å²) in [5, 5.41) is 7.42. The number of nitrogens with zero attached hydrogens (tertiary/aromatic N) is 3. The molecule has 0 bridgehead atoms. The van der Waals surface area contributed by atoms with Gasteiger partial charge in [-0.05, 0) is 55.2 Å². The van der Waals surface area contributed by atoms with E-state index in [4.69, 9.17) is 14.6 Å². The average molecular weight is 558 g/mol. The highest BCUT2D eigenvalue weighted by molar-refractivity contribution is 5.84. The van der Waals surface area contributed by atoms with E-state index in [1.807, 2.05) is 0 Å². The highest BCUT2D eigenvalue weighted by Gasteiger charge is 2.40. The molecular formula is C32H51N3O5. The van der Waals surface area contributed by atoms with Crippen LogP contribution in [0.3, 0.4) is 0 Å². The van der Waals surface area contributed by atoms with Crippen LogP contribution in [0.15, 0.2) is 18.2 Å². The molecule has 1 N–H and O–H groups in total. The smallest absolute Gasteiger partial charge is 0.300 e. The first-order valence-electron chi connectivity index (χ1n) is 15.3. The lowest BCUT2D eigenvalue weighted by atomic mass is 9.92. The summed E-state index contributed by atoms with van der Waals surface area (Å²) in [5.41, 5.74) is 2.44. The molecule has 0 aliphatic carbocycles. The molecule has 224 valence electrons. The third-order valence-corrected chi connectivity index (χ3v) is 8.57. The van der Waals surface area contributed by atoms with Crippen molar-refractivity contribution in [3.8, 4) is 5.75 Å². The first-order chi connectivity index (χ1) is 19.1. The second kappa shape index (κ2) is 14.9. The van der Waals surface area contributed by atoms with Gasteiger partial charge in [0.15, 0.2) is 0 Å². The molecule has 40 heavy (non-hydrogen) atoms. The molecule has 8 nitrogen and oxygen atoms in total. The van der Waals surface area contributed by atoms with Gasteiger partial charge in [-0.1, -0.05) is 52.7 Å². The SMILES string of the molecule is CC(=O)O.CCCCN(CCCC)C(=O)CN1CC(c2ccc3c(c2)CCO3)CC1CCN1CCC(C)(C)C1=O. The number of carbonyl (C=O) groups excluding carboxylic acids is 2. The molecule has 0 radical (unpaired) electrons. The van der Waals surface area contributed by atoms with Gasteiger partial charge in [0.05, 0.1) is 13.2 Å². The van der Waals surface area contributed by atoms with Crippen LogP contribution < -0.4 is 4.74 Å². The molecule has 2 amide bonds. The number of hydrogen-bond donors (Lipinski definition) is 1. The molecule has 0 spiro atoms. The van der Waals surface area contributed by atoms with Crippen LogP contribution in [0.25, 0.3) is 0 Å². The third-order valence-electron chi connectivity index (χ3n) is 8.57. The van der Waals surface area contributed by atoms with Crippen LogP contribution in [0, 0.1) is 5.41 Å². The highest BCUT2D eigenvalue weighted by Crippen LogP contribution is 2.37. The summed E-state index contributed by atoms with van der Waals surface area (Å²) in [5.74, 6) is 1.16. The van der Waals surface area contributed by atoms with Crippen molar-refractivity contribution in [1.29, 1.82) is 0 Å². The minimum atomic E-state index is -0.833. The second-order valence-electron chi connectivity index (χ2n) is 12.3. The first-order valence-corrected chi connectivity index (χ1v) is 15.3. The molecule has 2 atom stereocenters. The summed E-state index contributed by atoms with van der Waals surface area (Å²) in [6.07, 6.45) is 8.22. The molecule has 0 saturated carbocycles. The van der Waals surface area contributed by atoms with Crippen LogP contribution >= 0.6 is 0 Å². The Morgan fingerprint density at radius 1 is 1.15 bits per heavy atom. The number of hydrogen-bond acceptors (Lipinski definition) is 5. The maximum absolute atomic E-state index is 13.5. The number of carboxylic acids is 1. The number of fused-ring (bicyclic) bond motifs is 1. The molecule has 8 heteroatoms. The zero-order chi connectivity index (χ0) is 29.3. The maximum Gasteiger partial charge on any atom is 0.300 e. The van der Waals surface area contributed by atoms with E-state index in [9.17, 15) is 9.59 Å². The van der Waals surface area contributed by atoms with Gasteiger partial charge in [-0.15, -0.1) is 0 Å². The van der Waals surface area contributed by atoms with Gasteiger partial charge in [-0.2, -0.15) is 0 Å². The minimum Gasteiger partial charge on any atom is -0.493 e. The number of benzene rings is 1. The number of unbranched alkanes of at least 4 members (excludes halogenated alkanes) is 2. The fourth-order valence-corrected chi connectivity index (χ4v) is 6.08. The van der Waals surface area contributed by atoms with Gasteiger partial charge in [0.2, 0.25) is 11.8 Å². The molecule has 2 unspecified atom stereocenters. The van der Waals surface area contributed by atoms with Gasteiger partial charge in [-0.3, -0.25) is 19.3 Å². The number of aliphatic carboxylic acids is 1. The van der Waals surface area contributed by atoms with E-state index in [1.165, 1.54) is 11.1 Å². The van der Waals surface area contributed by atoms with Crippen LogP contribution in [-0.4, -0.2) is 89.5 Å². The lowest BCUT2D eigenvalue weighted by molar-refractivity contribution is -0.135. The summed E-state index contributed by atoms with van der Waals surface area (Å²) in [6.45, 7) is 15.1. The molecule has 0 aromatic heterocycles. The predicted molar refractivity (Wildman–Crippen MR) is 158 cm³/mol. The Hall–Kier alpha value is -2.61. The van der Waals surface area contributed by atoms with Crippen LogP contribution in [0.4, 0.5) is 0 Å². The van der Waals surface area contributed by atoms with Crippen LogP contribution in [-0.2, 0) is 20.8 Å². The van der Waals surface area contributed by atoms with Crippen LogP contribution in [0.1, 0.15) is 96.6 Å². The lowest BCUT2D eigenvalue weighted by Gasteiger charge is -2.29. The molecular weight excluding hydrogens is 506 g/mol. The maximum atomic E-state index is 13.5. The van der Waals surface area contributed by atoms with Gasteiger partial charge in [0, 0.05) is 57.5 Å². The quantitative estimate of drug-likeness (QED) is 0.391. The number of carbonyl (C=O) groups is 3. The number of carboxylic acid groups (broad SMARTS) is 1. The summed E-state index contributed by atoms with van der Waals surface area (Å²) < 4.78 is 5.73. The summed E-state index contributed by atoms with van der Waals surface area (Å²) in [6, 6.07) is 7.00. The highest BCUT2D eigenvalue weighted by atomic mass is 16.5. The lowest BCUT2D eigenvalue weighted by Crippen LogP contribution is -2.44. The fourth-order valence-electron chi connectivity index (χ4n) is 6.08. The normalized spacial score (nSPS) is 21.5. The Bertz CT molecular complexity index is 998. The zero-order valence-corrected chi connectivity index (χ0v) is 25.4. The van der Waals surface area contributed by atoms with E-state index >= 15 is 0 Å². The summed E-state index contributed by atoms with van der Waals surface area (Å²) >= 11 is 0. The van der Waals surface area contributed by atoms with E-state index in [0.717, 1.165) is 103 Å². The Labute approximate surface area is 241 Å². The van der Waals surface area contributed by atoms with Crippen molar-refractivity contribution in [3.63, 3.8) is 0 Å². The third kappa shape index (κ3) is 8.69. The number of amides is 2. The van der Waals surface area contributed by atoms with Gasteiger partial charge < -0.3 is 19.6 Å². The van der Waals surface area contributed by atoms with E-state index < -0.39 is 5.97 Å². The number of rotatable bonds is 12. The number of likely N-dealkylation sites (tertiary alicyclic amines) is 2. The van der Waals surface area contributed by atoms with Crippen molar-refractivity contribution in [2.45, 2.75) is 97.9 Å². The van der Waals surface area contributed by atoms with Crippen molar-refractivity contribution < 1.29 is 24.2 Å². The van der Waals surface area contributed by atoms with Crippen molar-refractivity contribution in [2.24, 2.45) is 5.41 Å². The van der Waals surface area contributed by atoms with Crippen molar-refractivity contribution in [2.75, 3.05) is 45.9 Å². The van der Waals surface area contributed by atoms with E-state index in [1.54, 1.807) is 0 Å². The van der Waals surface area contributed by atoms with E-state index in [0.29, 0.717) is 18.5 Å². The average Bonchev–Trinajstić information content (AvgIpc) is 3.60. The van der Waals surface area contributed by atoms with Crippen molar-refractivity contribution >= 4 is 17.8 Å². The molecule has 3 heterocycles. The van der Waals surface area contributed by atoms with E-state index in [-0.39, 0.29) is 17.2 Å². The largest absolute Gasteiger partial charge is 0.493 e. The molecule has 1 aromatic carbocycles. The molecule has 4 rings (SSSR count). The molecule has 2 fully saturated rings. The second-order valence-corrected chi connectivity index (χ2v) is 12.3. The Balaban J connectivity index is 0.00000103. The first kappa shape index (κ1) is 31.9. The standard InChI is InChI=1S/C30H47N3O3.C2H4O2/c1-5-7-14-31(15-8-6-2)28(34)22-33-21-25(23-9-10-27-24(19-23)12-18-36-27)20-26(33)11-16-32-17-13-30(3,4)29(32)35;1-2(3)4/h9-10,19,25-26H,5-8,11-18,20-22H2,1-4H3;1H3,(H,3,4). The minimum absolute atomic E-state index is 0.237. The van der Waals surface area contributed by atoms with Gasteiger partial charge >= 0.3 is 0 Å². The molecule has 1 aromatic rings. The summed E-state index contributed by atoms with van der Waals surface area (Å²) in [7, 11) is 0. The van der Waals surface area contributed by atoms with Crippen LogP contribution in [0.2, 0.25) is 0 Å². The van der Waals surface area contributed by atoms with Gasteiger partial charge in [0.25, 0.3) is 5.97 Å². The van der Waals surface area contributed by atoms with Crippen LogP contribution in [0.5, 0.6) is 5.75 Å². The monoisotopic (exact) mass is 557 g/mol. The Morgan fingerprint density at radius 2 is 1.82 bits per heavy atom.